The Morgan fingerprint density at radius 2 is 2.08 bits per heavy atom. The molecule has 0 fully saturated rings. The normalized spacial score (nSPS) is 17.3. The molecule has 2 atom stereocenters. The van der Waals surface area contributed by atoms with Gasteiger partial charge in [-0.15, -0.1) is 11.3 Å². The Bertz CT molecular complexity index is 849. The molecule has 3 rings (SSSR count). The van der Waals surface area contributed by atoms with Gasteiger partial charge in [-0.25, -0.2) is 13.6 Å². The Balaban J connectivity index is 1.63. The third-order valence-electron chi connectivity index (χ3n) is 4.37. The minimum Gasteiger partial charge on any atom is -0.448 e. The van der Waals surface area contributed by atoms with Gasteiger partial charge in [0.1, 0.15) is 16.5 Å². The molecule has 1 N–H and O–H groups in total. The van der Waals surface area contributed by atoms with E-state index in [1.165, 1.54) is 28.7 Å². The average molecular weight is 379 g/mol. The zero-order chi connectivity index (χ0) is 18.8. The standard InChI is InChI=1S/C19H19F2NO3S/c1-10-3-6-16-12(7-10)8-17(26-16)19(24)25-11(2)18(23)22-15-9-13(20)4-5-14(15)21/h4-5,8-11H,3,6-7H2,1-2H3,(H,22,23)/t10-,11-/m1/s1. The Hall–Kier alpha value is -2.28. The molecular formula is C19H19F2NO3S. The molecule has 2 aromatic rings. The Morgan fingerprint density at radius 3 is 2.85 bits per heavy atom. The Morgan fingerprint density at radius 1 is 1.31 bits per heavy atom. The van der Waals surface area contributed by atoms with E-state index in [2.05, 4.69) is 12.2 Å². The minimum atomic E-state index is -1.14. The lowest BCUT2D eigenvalue weighted by atomic mass is 9.90. The summed E-state index contributed by atoms with van der Waals surface area (Å²) in [6.07, 6.45) is 1.85. The first-order valence-corrected chi connectivity index (χ1v) is 9.23. The second-order valence-electron chi connectivity index (χ2n) is 6.57. The van der Waals surface area contributed by atoms with Crippen LogP contribution in [0.15, 0.2) is 24.3 Å². The van der Waals surface area contributed by atoms with Crippen LogP contribution in [0.5, 0.6) is 0 Å². The van der Waals surface area contributed by atoms with Crippen molar-refractivity contribution in [2.45, 2.75) is 39.2 Å². The number of ether oxygens (including phenoxy) is 1. The van der Waals surface area contributed by atoms with Crippen LogP contribution in [0, 0.1) is 17.6 Å². The summed E-state index contributed by atoms with van der Waals surface area (Å²) in [6.45, 7) is 3.57. The van der Waals surface area contributed by atoms with Gasteiger partial charge < -0.3 is 10.1 Å². The van der Waals surface area contributed by atoms with Crippen LogP contribution in [-0.4, -0.2) is 18.0 Å². The van der Waals surface area contributed by atoms with Crippen molar-refractivity contribution in [3.8, 4) is 0 Å². The summed E-state index contributed by atoms with van der Waals surface area (Å²) in [5.74, 6) is -2.16. The van der Waals surface area contributed by atoms with Crippen LogP contribution in [0.3, 0.4) is 0 Å². The SMILES string of the molecule is C[C@@H]1CCc2sc(C(=O)O[C@H](C)C(=O)Nc3cc(F)ccc3F)cc2C1. The maximum Gasteiger partial charge on any atom is 0.349 e. The van der Waals surface area contributed by atoms with Crippen molar-refractivity contribution in [2.24, 2.45) is 5.92 Å². The third kappa shape index (κ3) is 4.09. The van der Waals surface area contributed by atoms with Crippen LogP contribution in [-0.2, 0) is 22.4 Å². The number of halogens is 2. The molecule has 1 heterocycles. The fraction of sp³-hybridized carbons (Fsp3) is 0.368. The van der Waals surface area contributed by atoms with Gasteiger partial charge in [0.05, 0.1) is 5.69 Å². The maximum absolute atomic E-state index is 13.6. The third-order valence-corrected chi connectivity index (χ3v) is 5.59. The van der Waals surface area contributed by atoms with Crippen molar-refractivity contribution in [1.82, 2.24) is 0 Å². The van der Waals surface area contributed by atoms with Crippen molar-refractivity contribution in [2.75, 3.05) is 5.32 Å². The molecule has 1 amide bonds. The Kier molecular flexibility index (Phi) is 5.36. The molecular weight excluding hydrogens is 360 g/mol. The van der Waals surface area contributed by atoms with Gasteiger partial charge in [-0.3, -0.25) is 4.79 Å². The highest BCUT2D eigenvalue weighted by Crippen LogP contribution is 2.32. The number of thiophene rings is 1. The molecule has 1 aromatic carbocycles. The van der Waals surface area contributed by atoms with Crippen molar-refractivity contribution < 1.29 is 23.1 Å². The number of benzene rings is 1. The summed E-state index contributed by atoms with van der Waals surface area (Å²) in [4.78, 5) is 26.1. The molecule has 26 heavy (non-hydrogen) atoms. The van der Waals surface area contributed by atoms with E-state index in [1.807, 2.05) is 6.07 Å². The van der Waals surface area contributed by atoms with Crippen LogP contribution in [0.4, 0.5) is 14.5 Å². The number of hydrogen-bond acceptors (Lipinski definition) is 4. The number of carbonyl (C=O) groups is 2. The summed E-state index contributed by atoms with van der Waals surface area (Å²) >= 11 is 1.39. The molecule has 1 aromatic heterocycles. The van der Waals surface area contributed by atoms with E-state index in [0.29, 0.717) is 10.8 Å². The van der Waals surface area contributed by atoms with E-state index >= 15 is 0 Å². The molecule has 7 heteroatoms. The first kappa shape index (κ1) is 18.5. The average Bonchev–Trinajstić information content (AvgIpc) is 3.01. The number of rotatable bonds is 4. The Labute approximate surface area is 154 Å². The van der Waals surface area contributed by atoms with Gasteiger partial charge in [0.2, 0.25) is 0 Å². The summed E-state index contributed by atoms with van der Waals surface area (Å²) in [5.41, 5.74) is 0.873. The van der Waals surface area contributed by atoms with E-state index in [4.69, 9.17) is 4.74 Å². The minimum absolute atomic E-state index is 0.293. The maximum atomic E-state index is 13.6. The number of nitrogens with one attached hydrogen (secondary N) is 1. The van der Waals surface area contributed by atoms with Crippen molar-refractivity contribution in [3.05, 3.63) is 51.2 Å². The van der Waals surface area contributed by atoms with Crippen LogP contribution in [0.1, 0.15) is 40.4 Å². The van der Waals surface area contributed by atoms with Crippen LogP contribution in [0.2, 0.25) is 0 Å². The summed E-state index contributed by atoms with van der Waals surface area (Å²) in [6, 6.07) is 4.57. The molecule has 4 nitrogen and oxygen atoms in total. The molecule has 0 radical (unpaired) electrons. The van der Waals surface area contributed by atoms with Gasteiger partial charge in [0.25, 0.3) is 5.91 Å². The van der Waals surface area contributed by atoms with E-state index in [1.54, 1.807) is 0 Å². The van der Waals surface area contributed by atoms with Gasteiger partial charge in [0, 0.05) is 10.9 Å². The summed E-state index contributed by atoms with van der Waals surface area (Å²) in [5, 5.41) is 2.23. The summed E-state index contributed by atoms with van der Waals surface area (Å²) < 4.78 is 32.0. The first-order chi connectivity index (χ1) is 12.3. The van der Waals surface area contributed by atoms with E-state index in [9.17, 15) is 18.4 Å². The molecule has 0 bridgehead atoms. The molecule has 0 saturated carbocycles. The first-order valence-electron chi connectivity index (χ1n) is 8.42. The molecule has 0 aliphatic heterocycles. The second kappa shape index (κ2) is 7.53. The monoisotopic (exact) mass is 379 g/mol. The number of hydrogen-bond donors (Lipinski definition) is 1. The topological polar surface area (TPSA) is 55.4 Å². The number of esters is 1. The number of aryl methyl sites for hydroxylation is 1. The molecule has 138 valence electrons. The molecule has 1 aliphatic carbocycles. The molecule has 0 unspecified atom stereocenters. The van der Waals surface area contributed by atoms with Crippen molar-refractivity contribution in [1.29, 1.82) is 0 Å². The van der Waals surface area contributed by atoms with Crippen LogP contribution in [0.25, 0.3) is 0 Å². The smallest absolute Gasteiger partial charge is 0.349 e. The number of anilines is 1. The van der Waals surface area contributed by atoms with Crippen molar-refractivity contribution in [3.63, 3.8) is 0 Å². The summed E-state index contributed by atoms with van der Waals surface area (Å²) in [7, 11) is 0. The van der Waals surface area contributed by atoms with E-state index in [-0.39, 0.29) is 5.69 Å². The van der Waals surface area contributed by atoms with Gasteiger partial charge in [-0.1, -0.05) is 6.92 Å². The largest absolute Gasteiger partial charge is 0.448 e. The van der Waals surface area contributed by atoms with E-state index < -0.39 is 29.6 Å². The number of fused-ring (bicyclic) bond motifs is 1. The number of amides is 1. The highest BCUT2D eigenvalue weighted by atomic mass is 32.1. The molecule has 1 aliphatic rings. The lowest BCUT2D eigenvalue weighted by molar-refractivity contribution is -0.123. The predicted molar refractivity (Wildman–Crippen MR) is 95.4 cm³/mol. The van der Waals surface area contributed by atoms with Gasteiger partial charge in [-0.05, 0) is 55.9 Å². The second-order valence-corrected chi connectivity index (χ2v) is 7.70. The fourth-order valence-electron chi connectivity index (χ4n) is 2.91. The van der Waals surface area contributed by atoms with Crippen LogP contribution < -0.4 is 5.32 Å². The van der Waals surface area contributed by atoms with Gasteiger partial charge >= 0.3 is 5.97 Å². The quantitative estimate of drug-likeness (QED) is 0.805. The highest BCUT2D eigenvalue weighted by Gasteiger charge is 2.24. The van der Waals surface area contributed by atoms with Crippen LogP contribution >= 0.6 is 11.3 Å². The lowest BCUT2D eigenvalue weighted by Crippen LogP contribution is -2.30. The predicted octanol–water partition coefficient (Wildman–Crippen LogP) is 4.34. The molecule has 0 spiro atoms. The fourth-order valence-corrected chi connectivity index (χ4v) is 4.00. The van der Waals surface area contributed by atoms with E-state index in [0.717, 1.165) is 37.5 Å². The zero-order valence-corrected chi connectivity index (χ0v) is 15.3. The number of carbonyl (C=O) groups excluding carboxylic acids is 2. The zero-order valence-electron chi connectivity index (χ0n) is 14.5. The molecule has 0 saturated heterocycles. The van der Waals surface area contributed by atoms with Gasteiger partial charge in [0.15, 0.2) is 6.10 Å². The van der Waals surface area contributed by atoms with Gasteiger partial charge in [-0.2, -0.15) is 0 Å². The van der Waals surface area contributed by atoms with Crippen molar-refractivity contribution >= 4 is 28.9 Å². The lowest BCUT2D eigenvalue weighted by Gasteiger charge is -2.16. The highest BCUT2D eigenvalue weighted by molar-refractivity contribution is 7.14.